The minimum atomic E-state index is -1.01. The number of nitrogens with zero attached hydrogens (tertiary/aromatic N) is 2. The molecule has 0 spiro atoms. The summed E-state index contributed by atoms with van der Waals surface area (Å²) in [7, 11) is 0. The maximum absolute atomic E-state index is 13.0. The number of rotatable bonds is 7. The van der Waals surface area contributed by atoms with E-state index < -0.39 is 29.4 Å². The fourth-order valence-corrected chi connectivity index (χ4v) is 6.25. The molecule has 0 aromatic heterocycles. The largest absolute Gasteiger partial charge is 0.481 e. The molecule has 2 unspecified atom stereocenters. The van der Waals surface area contributed by atoms with E-state index in [1.54, 1.807) is 24.3 Å². The lowest BCUT2D eigenvalue weighted by molar-refractivity contribution is -0.156. The standard InChI is InChI=1S/C18H23N5O5S2/c1-29-8-18(16(26)27)7-22-14(25)13(15(22)30-9-18)23(12(24)6-19)11-4-2-10(3-5-11)21-17(20)28/h2-5,13,15H,6-9,19H2,1H3,(H,26,27)(H3,20,21,28)/t13?,15-,18?/m1/s1. The average molecular weight is 454 g/mol. The van der Waals surface area contributed by atoms with Crippen molar-refractivity contribution >= 4 is 58.7 Å². The first kappa shape index (κ1) is 22.2. The summed E-state index contributed by atoms with van der Waals surface area (Å²) < 4.78 is 0. The molecule has 2 aliphatic heterocycles. The molecule has 2 saturated heterocycles. The van der Waals surface area contributed by atoms with Crippen LogP contribution in [0.2, 0.25) is 0 Å². The Balaban J connectivity index is 1.84. The van der Waals surface area contributed by atoms with Gasteiger partial charge in [0.2, 0.25) is 11.8 Å². The number of aliphatic carboxylic acids is 1. The number of primary amides is 1. The predicted octanol–water partition coefficient (Wildman–Crippen LogP) is 0.187. The van der Waals surface area contributed by atoms with Crippen molar-refractivity contribution in [2.24, 2.45) is 16.9 Å². The van der Waals surface area contributed by atoms with Crippen molar-refractivity contribution in [3.8, 4) is 0 Å². The fourth-order valence-electron chi connectivity index (χ4n) is 3.67. The molecule has 0 radical (unpaired) electrons. The van der Waals surface area contributed by atoms with Crippen LogP contribution >= 0.6 is 23.5 Å². The van der Waals surface area contributed by atoms with E-state index in [1.807, 2.05) is 6.26 Å². The number of hydrogen-bond donors (Lipinski definition) is 4. The van der Waals surface area contributed by atoms with Crippen LogP contribution in [0.5, 0.6) is 0 Å². The molecule has 2 heterocycles. The summed E-state index contributed by atoms with van der Waals surface area (Å²) in [5, 5.41) is 11.8. The summed E-state index contributed by atoms with van der Waals surface area (Å²) in [5.41, 5.74) is 10.6. The van der Waals surface area contributed by atoms with Gasteiger partial charge < -0.3 is 26.8 Å². The van der Waals surface area contributed by atoms with Crippen LogP contribution in [-0.2, 0) is 14.4 Å². The van der Waals surface area contributed by atoms with E-state index in [-0.39, 0.29) is 24.4 Å². The van der Waals surface area contributed by atoms with E-state index in [4.69, 9.17) is 11.5 Å². The highest BCUT2D eigenvalue weighted by atomic mass is 32.2. The molecule has 3 atom stereocenters. The zero-order valence-corrected chi connectivity index (χ0v) is 17.9. The number of anilines is 2. The number of carbonyl (C=O) groups excluding carboxylic acids is 3. The monoisotopic (exact) mass is 453 g/mol. The van der Waals surface area contributed by atoms with Gasteiger partial charge in [0.05, 0.1) is 6.54 Å². The number of urea groups is 1. The molecule has 3 rings (SSSR count). The van der Waals surface area contributed by atoms with Crippen molar-refractivity contribution in [3.05, 3.63) is 24.3 Å². The van der Waals surface area contributed by atoms with E-state index in [0.717, 1.165) is 0 Å². The molecule has 0 bridgehead atoms. The van der Waals surface area contributed by atoms with Gasteiger partial charge in [-0.15, -0.1) is 11.8 Å². The second kappa shape index (κ2) is 8.74. The quantitative estimate of drug-likeness (QED) is 0.426. The number of thioether (sulfide) groups is 2. The van der Waals surface area contributed by atoms with Crippen LogP contribution in [0.4, 0.5) is 16.2 Å². The first-order valence-electron chi connectivity index (χ1n) is 9.07. The highest BCUT2D eigenvalue weighted by Gasteiger charge is 2.59. The Morgan fingerprint density at radius 1 is 1.37 bits per heavy atom. The van der Waals surface area contributed by atoms with E-state index in [0.29, 0.717) is 22.9 Å². The molecule has 0 saturated carbocycles. The molecule has 162 valence electrons. The lowest BCUT2D eigenvalue weighted by atomic mass is 9.89. The summed E-state index contributed by atoms with van der Waals surface area (Å²) in [6.07, 6.45) is 1.83. The minimum absolute atomic E-state index is 0.113. The SMILES string of the molecule is CSCC1(C(=O)O)CS[C@@H]2C(N(C(=O)CN)c3ccc(NC(N)=O)cc3)C(=O)N2C1. The van der Waals surface area contributed by atoms with Crippen molar-refractivity contribution in [1.29, 1.82) is 0 Å². The highest BCUT2D eigenvalue weighted by Crippen LogP contribution is 2.45. The summed E-state index contributed by atoms with van der Waals surface area (Å²) in [5.74, 6) is -0.911. The average Bonchev–Trinajstić information content (AvgIpc) is 2.71. The zero-order valence-electron chi connectivity index (χ0n) is 16.2. The van der Waals surface area contributed by atoms with Gasteiger partial charge in [-0.2, -0.15) is 11.8 Å². The Morgan fingerprint density at radius 2 is 2.03 bits per heavy atom. The van der Waals surface area contributed by atoms with Crippen LogP contribution in [0.3, 0.4) is 0 Å². The third kappa shape index (κ3) is 3.94. The van der Waals surface area contributed by atoms with Crippen LogP contribution in [-0.4, -0.2) is 76.1 Å². The van der Waals surface area contributed by atoms with Gasteiger partial charge >= 0.3 is 12.0 Å². The molecule has 4 amide bonds. The number of nitrogens with one attached hydrogen (secondary N) is 1. The highest BCUT2D eigenvalue weighted by molar-refractivity contribution is 8.00. The summed E-state index contributed by atoms with van der Waals surface area (Å²) >= 11 is 2.80. The maximum Gasteiger partial charge on any atom is 0.316 e. The van der Waals surface area contributed by atoms with E-state index >= 15 is 0 Å². The molecule has 2 aliphatic rings. The number of carbonyl (C=O) groups is 4. The van der Waals surface area contributed by atoms with Crippen LogP contribution in [0.1, 0.15) is 0 Å². The van der Waals surface area contributed by atoms with Crippen LogP contribution in [0, 0.1) is 5.41 Å². The lowest BCUT2D eigenvalue weighted by Crippen LogP contribution is -2.75. The molecule has 10 nitrogen and oxygen atoms in total. The van der Waals surface area contributed by atoms with Crippen molar-refractivity contribution in [1.82, 2.24) is 4.90 Å². The Hall–Kier alpha value is -2.44. The molecule has 30 heavy (non-hydrogen) atoms. The zero-order chi connectivity index (χ0) is 22.1. The summed E-state index contributed by atoms with van der Waals surface area (Å²) in [6.45, 7) is -0.170. The molecule has 1 aromatic rings. The van der Waals surface area contributed by atoms with Crippen LogP contribution < -0.4 is 21.7 Å². The number of benzene rings is 1. The summed E-state index contributed by atoms with van der Waals surface area (Å²) in [4.78, 5) is 51.3. The van der Waals surface area contributed by atoms with Gasteiger partial charge in [0.1, 0.15) is 16.8 Å². The normalized spacial score (nSPS) is 25.1. The van der Waals surface area contributed by atoms with Crippen molar-refractivity contribution < 1.29 is 24.3 Å². The number of hydrogen-bond acceptors (Lipinski definition) is 7. The van der Waals surface area contributed by atoms with E-state index in [2.05, 4.69) is 5.32 Å². The lowest BCUT2D eigenvalue weighted by Gasteiger charge is -2.56. The third-order valence-corrected chi connectivity index (χ3v) is 7.54. The first-order valence-corrected chi connectivity index (χ1v) is 11.5. The van der Waals surface area contributed by atoms with Gasteiger partial charge in [-0.1, -0.05) is 0 Å². The second-order valence-corrected chi connectivity index (χ2v) is 9.11. The smallest absolute Gasteiger partial charge is 0.316 e. The molecule has 6 N–H and O–H groups in total. The molecule has 12 heteroatoms. The Bertz CT molecular complexity index is 867. The predicted molar refractivity (Wildman–Crippen MR) is 116 cm³/mol. The molecular weight excluding hydrogens is 430 g/mol. The van der Waals surface area contributed by atoms with Crippen LogP contribution in [0.15, 0.2) is 24.3 Å². The van der Waals surface area contributed by atoms with Crippen LogP contribution in [0.25, 0.3) is 0 Å². The minimum Gasteiger partial charge on any atom is -0.481 e. The molecular formula is C18H23N5O5S2. The number of amides is 4. The molecule has 2 fully saturated rings. The van der Waals surface area contributed by atoms with E-state index in [1.165, 1.54) is 33.3 Å². The molecule has 1 aromatic carbocycles. The Kier molecular flexibility index (Phi) is 6.48. The van der Waals surface area contributed by atoms with Crippen molar-refractivity contribution in [2.45, 2.75) is 11.4 Å². The van der Waals surface area contributed by atoms with Gasteiger partial charge in [-0.25, -0.2) is 4.79 Å². The van der Waals surface area contributed by atoms with Gasteiger partial charge in [0.15, 0.2) is 0 Å². The maximum atomic E-state index is 13.0. The number of carboxylic acid groups (broad SMARTS) is 1. The van der Waals surface area contributed by atoms with Gasteiger partial charge in [0.25, 0.3) is 0 Å². The number of nitrogens with two attached hydrogens (primary N) is 2. The topological polar surface area (TPSA) is 159 Å². The van der Waals surface area contributed by atoms with Gasteiger partial charge in [-0.3, -0.25) is 19.3 Å². The fraction of sp³-hybridized carbons (Fsp3) is 0.444. The van der Waals surface area contributed by atoms with Gasteiger partial charge in [-0.05, 0) is 30.5 Å². The Morgan fingerprint density at radius 3 is 2.57 bits per heavy atom. The van der Waals surface area contributed by atoms with Crippen molar-refractivity contribution in [2.75, 3.05) is 41.1 Å². The van der Waals surface area contributed by atoms with E-state index in [9.17, 15) is 24.3 Å². The second-order valence-electron chi connectivity index (χ2n) is 7.14. The molecule has 0 aliphatic carbocycles. The summed E-state index contributed by atoms with van der Waals surface area (Å²) in [6, 6.07) is 4.85. The van der Waals surface area contributed by atoms with Crippen molar-refractivity contribution in [3.63, 3.8) is 0 Å². The first-order chi connectivity index (χ1) is 14.2. The Labute approximate surface area is 181 Å². The van der Waals surface area contributed by atoms with Gasteiger partial charge in [0, 0.05) is 29.4 Å². The number of carboxylic acids is 1. The number of fused-ring (bicyclic) bond motifs is 1. The number of β-lactam (4-membered cyclic amide) rings is 1. The third-order valence-electron chi connectivity index (χ3n) is 5.13.